The van der Waals surface area contributed by atoms with Crippen LogP contribution in [0.2, 0.25) is 0 Å². The van der Waals surface area contributed by atoms with Gasteiger partial charge in [-0.1, -0.05) is 18.2 Å². The number of nitrogens with one attached hydrogen (secondary N) is 2. The van der Waals surface area contributed by atoms with Crippen LogP contribution in [0.15, 0.2) is 24.3 Å². The van der Waals surface area contributed by atoms with Gasteiger partial charge in [0.05, 0.1) is 20.3 Å². The summed E-state index contributed by atoms with van der Waals surface area (Å²) in [4.78, 5) is 25.9. The van der Waals surface area contributed by atoms with E-state index in [2.05, 4.69) is 15.5 Å². The number of rotatable bonds is 7. The van der Waals surface area contributed by atoms with Crippen molar-refractivity contribution in [1.82, 2.24) is 15.5 Å². The Bertz CT molecular complexity index is 544. The van der Waals surface area contributed by atoms with E-state index in [1.807, 2.05) is 24.3 Å². The number of carbonyl (C=O) groups is 2. The highest BCUT2D eigenvalue weighted by atomic mass is 16.5. The number of methoxy groups -OCH3 is 1. The monoisotopic (exact) mass is 335 g/mol. The Hall–Kier alpha value is -2.12. The maximum absolute atomic E-state index is 11.8. The molecule has 1 aromatic rings. The number of amides is 2. The Morgan fingerprint density at radius 3 is 2.62 bits per heavy atom. The molecule has 0 radical (unpaired) electrons. The van der Waals surface area contributed by atoms with Crippen molar-refractivity contribution in [1.29, 1.82) is 0 Å². The molecule has 24 heavy (non-hydrogen) atoms. The second-order valence-corrected chi connectivity index (χ2v) is 5.56. The Morgan fingerprint density at radius 2 is 1.88 bits per heavy atom. The van der Waals surface area contributed by atoms with Gasteiger partial charge in [-0.15, -0.1) is 0 Å². The minimum absolute atomic E-state index is 0.254. The van der Waals surface area contributed by atoms with E-state index in [4.69, 9.17) is 9.47 Å². The summed E-state index contributed by atoms with van der Waals surface area (Å²) >= 11 is 0. The zero-order chi connectivity index (χ0) is 17.2. The van der Waals surface area contributed by atoms with Crippen molar-refractivity contribution in [3.05, 3.63) is 29.8 Å². The zero-order valence-corrected chi connectivity index (χ0v) is 14.0. The van der Waals surface area contributed by atoms with Gasteiger partial charge in [0.2, 0.25) is 0 Å². The third kappa shape index (κ3) is 5.82. The van der Waals surface area contributed by atoms with Gasteiger partial charge in [-0.2, -0.15) is 0 Å². The Morgan fingerprint density at radius 1 is 1.17 bits per heavy atom. The summed E-state index contributed by atoms with van der Waals surface area (Å²) in [6.07, 6.45) is 0.811. The summed E-state index contributed by atoms with van der Waals surface area (Å²) in [6, 6.07) is 7.37. The van der Waals surface area contributed by atoms with Gasteiger partial charge in [-0.05, 0) is 19.0 Å². The van der Waals surface area contributed by atoms with Crippen LogP contribution in [0.3, 0.4) is 0 Å². The van der Waals surface area contributed by atoms with Crippen LogP contribution in [0.5, 0.6) is 5.75 Å². The first-order valence-electron chi connectivity index (χ1n) is 8.18. The van der Waals surface area contributed by atoms with E-state index in [9.17, 15) is 9.59 Å². The number of nitrogens with zero attached hydrogens (tertiary/aromatic N) is 1. The van der Waals surface area contributed by atoms with Crippen molar-refractivity contribution >= 4 is 11.8 Å². The second-order valence-electron chi connectivity index (χ2n) is 5.56. The summed E-state index contributed by atoms with van der Waals surface area (Å²) in [6.45, 7) is 5.00. The normalized spacial score (nSPS) is 14.9. The summed E-state index contributed by atoms with van der Waals surface area (Å²) in [7, 11) is 1.57. The molecule has 0 bridgehead atoms. The fourth-order valence-electron chi connectivity index (χ4n) is 2.51. The third-order valence-corrected chi connectivity index (χ3v) is 3.88. The first-order chi connectivity index (χ1) is 11.7. The van der Waals surface area contributed by atoms with Crippen molar-refractivity contribution in [3.8, 4) is 5.75 Å². The molecule has 1 fully saturated rings. The molecule has 1 heterocycles. The Balaban J connectivity index is 1.64. The summed E-state index contributed by atoms with van der Waals surface area (Å²) < 4.78 is 10.5. The van der Waals surface area contributed by atoms with E-state index >= 15 is 0 Å². The van der Waals surface area contributed by atoms with Gasteiger partial charge in [-0.3, -0.25) is 14.5 Å². The van der Waals surface area contributed by atoms with E-state index in [0.717, 1.165) is 44.8 Å². The highest BCUT2D eigenvalue weighted by Crippen LogP contribution is 2.16. The number of hydrogen-bond acceptors (Lipinski definition) is 5. The predicted molar refractivity (Wildman–Crippen MR) is 89.7 cm³/mol. The molecule has 0 unspecified atom stereocenters. The standard InChI is InChI=1S/C17H25N3O4/c1-23-15-6-3-2-5-14(15)13-19-17(22)16(21)18-7-4-8-20-9-11-24-12-10-20/h2-3,5-6H,4,7-13H2,1H3,(H,18,21)(H,19,22). The molecular formula is C17H25N3O4. The molecule has 1 aliphatic heterocycles. The second kappa shape index (κ2) is 9.89. The quantitative estimate of drug-likeness (QED) is 0.548. The lowest BCUT2D eigenvalue weighted by atomic mass is 10.2. The molecule has 2 N–H and O–H groups in total. The van der Waals surface area contributed by atoms with Crippen LogP contribution >= 0.6 is 0 Å². The molecule has 0 saturated carbocycles. The largest absolute Gasteiger partial charge is 0.496 e. The number of para-hydroxylation sites is 1. The summed E-state index contributed by atoms with van der Waals surface area (Å²) in [5.41, 5.74) is 0.827. The number of morpholine rings is 1. The van der Waals surface area contributed by atoms with E-state index in [1.54, 1.807) is 7.11 Å². The van der Waals surface area contributed by atoms with Gasteiger partial charge in [0.1, 0.15) is 5.75 Å². The molecule has 7 heteroatoms. The molecule has 0 aliphatic carbocycles. The van der Waals surface area contributed by atoms with Crippen LogP contribution in [0.4, 0.5) is 0 Å². The molecule has 2 amide bonds. The maximum Gasteiger partial charge on any atom is 0.309 e. The number of benzene rings is 1. The van der Waals surface area contributed by atoms with Crippen molar-refractivity contribution in [2.24, 2.45) is 0 Å². The summed E-state index contributed by atoms with van der Waals surface area (Å²) in [5.74, 6) is -0.553. The molecule has 0 aromatic heterocycles. The first kappa shape index (κ1) is 18.2. The number of hydrogen-bond donors (Lipinski definition) is 2. The van der Waals surface area contributed by atoms with Crippen molar-refractivity contribution in [3.63, 3.8) is 0 Å². The van der Waals surface area contributed by atoms with Crippen molar-refractivity contribution in [2.45, 2.75) is 13.0 Å². The predicted octanol–water partition coefficient (Wildman–Crippen LogP) is 0.150. The molecule has 0 atom stereocenters. The van der Waals surface area contributed by atoms with Gasteiger partial charge in [0.15, 0.2) is 0 Å². The van der Waals surface area contributed by atoms with Crippen LogP contribution < -0.4 is 15.4 Å². The van der Waals surface area contributed by atoms with Crippen LogP contribution in [0.25, 0.3) is 0 Å². The zero-order valence-electron chi connectivity index (χ0n) is 14.0. The van der Waals surface area contributed by atoms with E-state index < -0.39 is 11.8 Å². The minimum Gasteiger partial charge on any atom is -0.496 e. The van der Waals surface area contributed by atoms with E-state index in [1.165, 1.54) is 0 Å². The summed E-state index contributed by atoms with van der Waals surface area (Å²) in [5, 5.41) is 5.25. The van der Waals surface area contributed by atoms with Gasteiger partial charge in [-0.25, -0.2) is 0 Å². The van der Waals surface area contributed by atoms with Crippen LogP contribution in [-0.2, 0) is 20.9 Å². The molecule has 2 rings (SSSR count). The maximum atomic E-state index is 11.8. The fourth-order valence-corrected chi connectivity index (χ4v) is 2.51. The Labute approximate surface area is 142 Å². The van der Waals surface area contributed by atoms with Gasteiger partial charge >= 0.3 is 11.8 Å². The van der Waals surface area contributed by atoms with Crippen LogP contribution in [-0.4, -0.2) is 63.2 Å². The van der Waals surface area contributed by atoms with Gasteiger partial charge in [0.25, 0.3) is 0 Å². The molecule has 1 saturated heterocycles. The number of ether oxygens (including phenoxy) is 2. The minimum atomic E-state index is -0.632. The molecule has 1 aliphatic rings. The molecule has 0 spiro atoms. The average molecular weight is 335 g/mol. The molecule has 7 nitrogen and oxygen atoms in total. The topological polar surface area (TPSA) is 79.9 Å². The first-order valence-corrected chi connectivity index (χ1v) is 8.18. The molecule has 132 valence electrons. The average Bonchev–Trinajstić information content (AvgIpc) is 2.64. The third-order valence-electron chi connectivity index (χ3n) is 3.88. The SMILES string of the molecule is COc1ccccc1CNC(=O)C(=O)NCCCN1CCOCC1. The lowest BCUT2D eigenvalue weighted by Crippen LogP contribution is -2.41. The molecular weight excluding hydrogens is 310 g/mol. The van der Waals surface area contributed by atoms with E-state index in [-0.39, 0.29) is 6.54 Å². The number of carbonyl (C=O) groups excluding carboxylic acids is 2. The van der Waals surface area contributed by atoms with Crippen LogP contribution in [0.1, 0.15) is 12.0 Å². The van der Waals surface area contributed by atoms with Crippen LogP contribution in [0, 0.1) is 0 Å². The fraction of sp³-hybridized carbons (Fsp3) is 0.529. The Kier molecular flexibility index (Phi) is 7.51. The highest BCUT2D eigenvalue weighted by Gasteiger charge is 2.14. The van der Waals surface area contributed by atoms with E-state index in [0.29, 0.717) is 12.3 Å². The smallest absolute Gasteiger partial charge is 0.309 e. The lowest BCUT2D eigenvalue weighted by Gasteiger charge is -2.26. The highest BCUT2D eigenvalue weighted by molar-refractivity contribution is 6.35. The van der Waals surface area contributed by atoms with Crippen molar-refractivity contribution in [2.75, 3.05) is 46.5 Å². The molecule has 1 aromatic carbocycles. The lowest BCUT2D eigenvalue weighted by molar-refractivity contribution is -0.139. The van der Waals surface area contributed by atoms with Gasteiger partial charge in [0, 0.05) is 31.7 Å². The van der Waals surface area contributed by atoms with Crippen molar-refractivity contribution < 1.29 is 19.1 Å². The van der Waals surface area contributed by atoms with Gasteiger partial charge < -0.3 is 20.1 Å².